The summed E-state index contributed by atoms with van der Waals surface area (Å²) in [6.07, 6.45) is 3.10. The maximum atomic E-state index is 12.5. The molecule has 6 nitrogen and oxygen atoms in total. The third kappa shape index (κ3) is 2.74. The van der Waals surface area contributed by atoms with Crippen LogP contribution in [0.15, 0.2) is 88.2 Å². The number of rotatable bonds is 3. The van der Waals surface area contributed by atoms with Crippen molar-refractivity contribution >= 4 is 27.5 Å². The van der Waals surface area contributed by atoms with E-state index in [1.165, 1.54) is 18.7 Å². The Hall–Kier alpha value is -2.71. The molecule has 33 heavy (non-hydrogen) atoms. The number of oxazole rings is 1. The van der Waals surface area contributed by atoms with Crippen LogP contribution >= 0.6 is 27.5 Å². The minimum absolute atomic E-state index is 0.234. The maximum absolute atomic E-state index is 12.5. The summed E-state index contributed by atoms with van der Waals surface area (Å²) < 4.78 is 13.2. The van der Waals surface area contributed by atoms with Crippen molar-refractivity contribution < 1.29 is 19.4 Å². The Kier molecular flexibility index (Phi) is 4.68. The average Bonchev–Trinajstić information content (AvgIpc) is 3.48. The van der Waals surface area contributed by atoms with E-state index in [1.54, 1.807) is 6.07 Å². The van der Waals surface area contributed by atoms with E-state index >= 15 is 0 Å². The number of hydrogen-bond donors (Lipinski definition) is 2. The molecule has 3 heterocycles. The summed E-state index contributed by atoms with van der Waals surface area (Å²) in [7, 11) is 0. The van der Waals surface area contributed by atoms with Crippen molar-refractivity contribution in [2.24, 2.45) is 0 Å². The predicted octanol–water partition coefficient (Wildman–Crippen LogP) is 4.90. The largest absolute Gasteiger partial charge is 0.476 e. The second-order valence-corrected chi connectivity index (χ2v) is 9.69. The van der Waals surface area contributed by atoms with Gasteiger partial charge in [-0.1, -0.05) is 70.0 Å². The number of halogens is 2. The highest BCUT2D eigenvalue weighted by Gasteiger charge is 2.77. The molecule has 0 saturated heterocycles. The lowest BCUT2D eigenvalue weighted by Crippen LogP contribution is -2.52. The van der Waals surface area contributed by atoms with Gasteiger partial charge in [0.05, 0.1) is 17.1 Å². The van der Waals surface area contributed by atoms with Crippen molar-refractivity contribution in [1.82, 2.24) is 9.97 Å². The lowest BCUT2D eigenvalue weighted by Gasteiger charge is -2.40. The molecule has 1 saturated carbocycles. The van der Waals surface area contributed by atoms with Gasteiger partial charge in [-0.25, -0.2) is 4.98 Å². The molecule has 2 aromatic heterocycles. The molecule has 2 N–H and O–H groups in total. The summed E-state index contributed by atoms with van der Waals surface area (Å²) >= 11 is 9.70. The van der Waals surface area contributed by atoms with Crippen molar-refractivity contribution in [1.29, 1.82) is 0 Å². The Labute approximate surface area is 203 Å². The third-order valence-corrected chi connectivity index (χ3v) is 7.49. The van der Waals surface area contributed by atoms with E-state index in [0.29, 0.717) is 22.2 Å². The Morgan fingerprint density at radius 2 is 1.79 bits per heavy atom. The molecule has 1 aliphatic heterocycles. The zero-order chi connectivity index (χ0) is 22.8. The van der Waals surface area contributed by atoms with Crippen molar-refractivity contribution in [3.63, 3.8) is 0 Å². The van der Waals surface area contributed by atoms with Gasteiger partial charge in [0.15, 0.2) is 11.2 Å². The first-order chi connectivity index (χ1) is 16.0. The molecule has 5 atom stereocenters. The quantitative estimate of drug-likeness (QED) is 0.395. The standard InChI is InChI=1S/C25H18BrClN2O4/c26-16-8-6-15(7-9-16)25-20(14-4-2-1-3-5-14)19(23-28-10-11-32-23)22(30)24(25,31)21-18(33-25)12-17(27)13-29-21/h1-13,19-20,22,30-31H/t19-,20-,22-,24+,25+/m1/s1. The summed E-state index contributed by atoms with van der Waals surface area (Å²) in [6, 6.07) is 18.8. The second kappa shape index (κ2) is 7.40. The Morgan fingerprint density at radius 1 is 1.03 bits per heavy atom. The molecule has 8 heteroatoms. The maximum Gasteiger partial charge on any atom is 0.200 e. The summed E-state index contributed by atoms with van der Waals surface area (Å²) in [5, 5.41) is 24.6. The first-order valence-corrected chi connectivity index (χ1v) is 11.6. The van der Waals surface area contributed by atoms with Gasteiger partial charge in [0.25, 0.3) is 0 Å². The number of nitrogens with zero attached hydrogens (tertiary/aromatic N) is 2. The lowest BCUT2D eigenvalue weighted by molar-refractivity contribution is -0.152. The fraction of sp³-hybridized carbons (Fsp3) is 0.200. The first-order valence-electron chi connectivity index (χ1n) is 10.4. The van der Waals surface area contributed by atoms with Crippen molar-refractivity contribution in [2.75, 3.05) is 0 Å². The molecule has 1 aliphatic carbocycles. The van der Waals surface area contributed by atoms with E-state index in [0.717, 1.165) is 10.0 Å². The van der Waals surface area contributed by atoms with E-state index in [9.17, 15) is 10.2 Å². The van der Waals surface area contributed by atoms with Crippen LogP contribution < -0.4 is 4.74 Å². The molecule has 4 aromatic rings. The second-order valence-electron chi connectivity index (χ2n) is 8.34. The van der Waals surface area contributed by atoms with E-state index < -0.39 is 29.1 Å². The molecule has 1 fully saturated rings. The highest BCUT2D eigenvalue weighted by Crippen LogP contribution is 2.70. The number of pyridine rings is 1. The van der Waals surface area contributed by atoms with Crippen LogP contribution in [0.3, 0.4) is 0 Å². The number of aromatic nitrogens is 2. The lowest BCUT2D eigenvalue weighted by atomic mass is 9.71. The van der Waals surface area contributed by atoms with Gasteiger partial charge in [0.2, 0.25) is 5.89 Å². The Bertz CT molecular complexity index is 1320. The van der Waals surface area contributed by atoms with Crippen LogP contribution in [0.4, 0.5) is 0 Å². The molecule has 0 bridgehead atoms. The molecule has 0 spiro atoms. The van der Waals surface area contributed by atoms with Gasteiger partial charge >= 0.3 is 0 Å². The molecule has 0 radical (unpaired) electrons. The fourth-order valence-electron chi connectivity index (χ4n) is 5.50. The van der Waals surface area contributed by atoms with Gasteiger partial charge in [0, 0.05) is 22.7 Å². The van der Waals surface area contributed by atoms with Gasteiger partial charge in [-0.05, 0) is 23.3 Å². The summed E-state index contributed by atoms with van der Waals surface area (Å²) in [4.78, 5) is 8.78. The first kappa shape index (κ1) is 20.9. The smallest absolute Gasteiger partial charge is 0.200 e. The minimum Gasteiger partial charge on any atom is -0.476 e. The van der Waals surface area contributed by atoms with Gasteiger partial charge in [-0.3, -0.25) is 4.98 Å². The van der Waals surface area contributed by atoms with E-state index in [4.69, 9.17) is 20.8 Å². The van der Waals surface area contributed by atoms with Crippen LogP contribution in [0, 0.1) is 0 Å². The third-order valence-electron chi connectivity index (χ3n) is 6.75. The number of ether oxygens (including phenoxy) is 1. The summed E-state index contributed by atoms with van der Waals surface area (Å²) in [6.45, 7) is 0. The number of hydrogen-bond acceptors (Lipinski definition) is 6. The molecule has 2 aromatic carbocycles. The van der Waals surface area contributed by atoms with Crippen LogP contribution in [0.1, 0.15) is 34.5 Å². The van der Waals surface area contributed by atoms with Gasteiger partial charge in [0.1, 0.15) is 23.8 Å². The fourth-order valence-corrected chi connectivity index (χ4v) is 5.91. The molecule has 6 rings (SSSR count). The van der Waals surface area contributed by atoms with Crippen LogP contribution in [-0.4, -0.2) is 26.3 Å². The van der Waals surface area contributed by atoms with Crippen LogP contribution in [-0.2, 0) is 11.2 Å². The Balaban J connectivity index is 1.70. The zero-order valence-electron chi connectivity index (χ0n) is 17.1. The van der Waals surface area contributed by atoms with Gasteiger partial charge in [-0.2, -0.15) is 0 Å². The van der Waals surface area contributed by atoms with Crippen molar-refractivity contribution in [3.8, 4) is 5.75 Å². The highest BCUT2D eigenvalue weighted by molar-refractivity contribution is 9.10. The van der Waals surface area contributed by atoms with E-state index in [1.807, 2.05) is 54.6 Å². The topological polar surface area (TPSA) is 88.6 Å². The summed E-state index contributed by atoms with van der Waals surface area (Å²) in [5.41, 5.74) is -1.55. The molecule has 166 valence electrons. The van der Waals surface area contributed by atoms with E-state index in [2.05, 4.69) is 25.9 Å². The number of fused-ring (bicyclic) bond motifs is 3. The molecule has 0 amide bonds. The molecular weight excluding hydrogens is 508 g/mol. The monoisotopic (exact) mass is 524 g/mol. The SMILES string of the molecule is O[C@@H]1[C@H](c2ncco2)[C@@H](c2ccccc2)[C@]2(c3ccc(Br)cc3)Oc3cc(Cl)cnc3[C@]12O. The molecule has 0 unspecified atom stereocenters. The molecular formula is C25H18BrClN2O4. The average molecular weight is 526 g/mol. The number of aliphatic hydroxyl groups excluding tert-OH is 1. The number of aliphatic hydroxyl groups is 2. The van der Waals surface area contributed by atoms with Gasteiger partial charge in [-0.15, -0.1) is 0 Å². The number of benzene rings is 2. The normalized spacial score (nSPS) is 30.0. The Morgan fingerprint density at radius 3 is 2.48 bits per heavy atom. The van der Waals surface area contributed by atoms with Crippen molar-refractivity contribution in [3.05, 3.63) is 112 Å². The van der Waals surface area contributed by atoms with Crippen LogP contribution in [0.5, 0.6) is 5.75 Å². The minimum atomic E-state index is -1.90. The summed E-state index contributed by atoms with van der Waals surface area (Å²) in [5.74, 6) is -0.623. The van der Waals surface area contributed by atoms with Crippen LogP contribution in [0.25, 0.3) is 0 Å². The van der Waals surface area contributed by atoms with Gasteiger partial charge < -0.3 is 19.4 Å². The highest BCUT2D eigenvalue weighted by atomic mass is 79.9. The zero-order valence-corrected chi connectivity index (χ0v) is 19.4. The predicted molar refractivity (Wildman–Crippen MR) is 124 cm³/mol. The van der Waals surface area contributed by atoms with Crippen LogP contribution in [0.2, 0.25) is 5.02 Å². The van der Waals surface area contributed by atoms with Crippen molar-refractivity contribution in [2.45, 2.75) is 29.1 Å². The van der Waals surface area contributed by atoms with E-state index in [-0.39, 0.29) is 5.69 Å². The molecule has 2 aliphatic rings.